The molecule has 18 heavy (non-hydrogen) atoms. The molecule has 1 aromatic heterocycles. The summed E-state index contributed by atoms with van der Waals surface area (Å²) in [5.74, 6) is -1.60. The van der Waals surface area contributed by atoms with Crippen LogP contribution in [0, 0.1) is 18.8 Å². The van der Waals surface area contributed by atoms with Crippen LogP contribution in [-0.2, 0) is 9.59 Å². The predicted molar refractivity (Wildman–Crippen MR) is 57.3 cm³/mol. The summed E-state index contributed by atoms with van der Waals surface area (Å²) in [5.41, 5.74) is 0.507. The highest BCUT2D eigenvalue weighted by Crippen LogP contribution is 2.29. The van der Waals surface area contributed by atoms with E-state index < -0.39 is 11.8 Å². The molecule has 0 aliphatic carbocycles. The molecule has 2 aliphatic heterocycles. The first-order valence-electron chi connectivity index (χ1n) is 5.62. The van der Waals surface area contributed by atoms with Crippen molar-refractivity contribution in [1.29, 1.82) is 0 Å². The molecule has 3 rings (SSSR count). The normalized spacial score (nSPS) is 26.4. The van der Waals surface area contributed by atoms with Crippen molar-refractivity contribution >= 4 is 17.7 Å². The average molecular weight is 249 g/mol. The first kappa shape index (κ1) is 10.9. The van der Waals surface area contributed by atoms with Gasteiger partial charge < -0.3 is 9.32 Å². The quantitative estimate of drug-likeness (QED) is 0.666. The summed E-state index contributed by atoms with van der Waals surface area (Å²) in [4.78, 5) is 40.4. The molecule has 2 fully saturated rings. The van der Waals surface area contributed by atoms with Gasteiger partial charge in [0.15, 0.2) is 6.39 Å². The van der Waals surface area contributed by atoms with Crippen molar-refractivity contribution in [2.45, 2.75) is 6.92 Å². The van der Waals surface area contributed by atoms with E-state index in [1.165, 1.54) is 11.3 Å². The maximum absolute atomic E-state index is 12.1. The number of oxazole rings is 1. The monoisotopic (exact) mass is 249 g/mol. The number of hydrogen-bond donors (Lipinski definition) is 1. The lowest BCUT2D eigenvalue weighted by molar-refractivity contribution is -0.126. The number of aryl methyl sites for hydroxylation is 1. The van der Waals surface area contributed by atoms with Gasteiger partial charge in [-0.15, -0.1) is 0 Å². The number of amides is 3. The minimum Gasteiger partial charge on any atom is -0.438 e. The predicted octanol–water partition coefficient (Wildman–Crippen LogP) is -0.672. The van der Waals surface area contributed by atoms with Gasteiger partial charge in [-0.25, -0.2) is 4.98 Å². The second-order valence-electron chi connectivity index (χ2n) is 4.54. The number of fused-ring (bicyclic) bond motifs is 1. The lowest BCUT2D eigenvalue weighted by Gasteiger charge is -2.15. The number of rotatable bonds is 1. The number of aromatic nitrogens is 1. The van der Waals surface area contributed by atoms with Crippen molar-refractivity contribution in [3.8, 4) is 0 Å². The van der Waals surface area contributed by atoms with E-state index in [4.69, 9.17) is 4.42 Å². The Kier molecular flexibility index (Phi) is 2.22. The lowest BCUT2D eigenvalue weighted by atomic mass is 10.00. The molecule has 1 N–H and O–H groups in total. The van der Waals surface area contributed by atoms with Gasteiger partial charge in [-0.3, -0.25) is 19.7 Å². The highest BCUT2D eigenvalue weighted by atomic mass is 16.3. The molecule has 0 aromatic carbocycles. The molecule has 1 aromatic rings. The smallest absolute Gasteiger partial charge is 0.291 e. The van der Waals surface area contributed by atoms with Crippen LogP contribution in [0.15, 0.2) is 10.8 Å². The summed E-state index contributed by atoms with van der Waals surface area (Å²) in [7, 11) is 0. The molecular weight excluding hydrogens is 238 g/mol. The second kappa shape index (κ2) is 3.66. The molecule has 3 heterocycles. The number of carbonyl (C=O) groups is 3. The van der Waals surface area contributed by atoms with Crippen LogP contribution in [0.3, 0.4) is 0 Å². The summed E-state index contributed by atoms with van der Waals surface area (Å²) in [5, 5.41) is 2.27. The van der Waals surface area contributed by atoms with Crippen molar-refractivity contribution in [3.63, 3.8) is 0 Å². The summed E-state index contributed by atoms with van der Waals surface area (Å²) in [6, 6.07) is 0. The van der Waals surface area contributed by atoms with Gasteiger partial charge in [0.1, 0.15) is 0 Å². The van der Waals surface area contributed by atoms with Crippen LogP contribution >= 0.6 is 0 Å². The van der Waals surface area contributed by atoms with Gasteiger partial charge in [-0.2, -0.15) is 0 Å². The van der Waals surface area contributed by atoms with E-state index in [0.29, 0.717) is 5.69 Å². The minimum atomic E-state index is -0.426. The molecule has 3 amide bonds. The summed E-state index contributed by atoms with van der Waals surface area (Å²) in [6.45, 7) is 2.17. The lowest BCUT2D eigenvalue weighted by Crippen LogP contribution is -2.35. The Morgan fingerprint density at radius 1 is 1.39 bits per heavy atom. The summed E-state index contributed by atoms with van der Waals surface area (Å²) < 4.78 is 5.03. The maximum Gasteiger partial charge on any atom is 0.291 e. The van der Waals surface area contributed by atoms with E-state index in [1.54, 1.807) is 6.92 Å². The van der Waals surface area contributed by atoms with Crippen molar-refractivity contribution in [3.05, 3.63) is 17.8 Å². The number of nitrogens with one attached hydrogen (secondary N) is 1. The van der Waals surface area contributed by atoms with Gasteiger partial charge in [-0.05, 0) is 6.92 Å². The zero-order valence-electron chi connectivity index (χ0n) is 9.67. The first-order chi connectivity index (χ1) is 8.58. The molecule has 0 radical (unpaired) electrons. The standard InChI is InChI=1S/C11H11N3O4/c1-5-8(18-4-12-5)11(17)14-2-6-7(3-14)10(16)13-9(6)15/h4,6-7H,2-3H2,1H3,(H,13,15,16)/t6-,7+. The Morgan fingerprint density at radius 3 is 2.50 bits per heavy atom. The van der Waals surface area contributed by atoms with Crippen molar-refractivity contribution < 1.29 is 18.8 Å². The molecule has 2 aliphatic rings. The van der Waals surface area contributed by atoms with Crippen LogP contribution in [0.5, 0.6) is 0 Å². The van der Waals surface area contributed by atoms with Crippen LogP contribution in [0.25, 0.3) is 0 Å². The van der Waals surface area contributed by atoms with Crippen LogP contribution in [0.4, 0.5) is 0 Å². The first-order valence-corrected chi connectivity index (χ1v) is 5.62. The molecule has 7 heteroatoms. The molecule has 0 bridgehead atoms. The second-order valence-corrected chi connectivity index (χ2v) is 4.54. The van der Waals surface area contributed by atoms with Gasteiger partial charge >= 0.3 is 0 Å². The van der Waals surface area contributed by atoms with E-state index in [-0.39, 0.29) is 36.6 Å². The molecular formula is C11H11N3O4. The average Bonchev–Trinajstić information content (AvgIpc) is 2.98. The number of hydrogen-bond acceptors (Lipinski definition) is 5. The zero-order valence-corrected chi connectivity index (χ0v) is 9.67. The topological polar surface area (TPSA) is 92.5 Å². The number of likely N-dealkylation sites (tertiary alicyclic amines) is 1. The third kappa shape index (κ3) is 1.43. The SMILES string of the molecule is Cc1ncoc1C(=O)N1C[C@@H]2C(=O)NC(=O)[C@@H]2C1. The van der Waals surface area contributed by atoms with E-state index in [2.05, 4.69) is 10.3 Å². The fourth-order valence-electron chi connectivity index (χ4n) is 2.46. The Labute approximate surface area is 102 Å². The number of imide groups is 1. The van der Waals surface area contributed by atoms with E-state index in [0.717, 1.165) is 0 Å². The maximum atomic E-state index is 12.1. The van der Waals surface area contributed by atoms with Crippen molar-refractivity contribution in [1.82, 2.24) is 15.2 Å². The van der Waals surface area contributed by atoms with Crippen molar-refractivity contribution in [2.24, 2.45) is 11.8 Å². The van der Waals surface area contributed by atoms with E-state index in [1.807, 2.05) is 0 Å². The minimum absolute atomic E-state index is 0.169. The summed E-state index contributed by atoms with van der Waals surface area (Å²) >= 11 is 0. The summed E-state index contributed by atoms with van der Waals surface area (Å²) in [6.07, 6.45) is 1.21. The van der Waals surface area contributed by atoms with E-state index in [9.17, 15) is 14.4 Å². The number of nitrogens with zero attached hydrogens (tertiary/aromatic N) is 2. The zero-order chi connectivity index (χ0) is 12.9. The third-order valence-corrected chi connectivity index (χ3v) is 3.47. The molecule has 0 saturated carbocycles. The third-order valence-electron chi connectivity index (χ3n) is 3.47. The largest absolute Gasteiger partial charge is 0.438 e. The molecule has 0 unspecified atom stereocenters. The van der Waals surface area contributed by atoms with Gasteiger partial charge in [-0.1, -0.05) is 0 Å². The van der Waals surface area contributed by atoms with Gasteiger partial charge in [0, 0.05) is 13.1 Å². The van der Waals surface area contributed by atoms with E-state index >= 15 is 0 Å². The van der Waals surface area contributed by atoms with Crippen LogP contribution < -0.4 is 5.32 Å². The van der Waals surface area contributed by atoms with Gasteiger partial charge in [0.25, 0.3) is 5.91 Å². The number of carbonyl (C=O) groups excluding carboxylic acids is 3. The highest BCUT2D eigenvalue weighted by Gasteiger charge is 2.49. The Bertz CT molecular complexity index is 528. The molecule has 94 valence electrons. The molecule has 0 spiro atoms. The Hall–Kier alpha value is -2.18. The fraction of sp³-hybridized carbons (Fsp3) is 0.455. The van der Waals surface area contributed by atoms with Gasteiger partial charge in [0.05, 0.1) is 17.5 Å². The van der Waals surface area contributed by atoms with Crippen LogP contribution in [-0.4, -0.2) is 40.7 Å². The van der Waals surface area contributed by atoms with Crippen LogP contribution in [0.1, 0.15) is 16.2 Å². The Balaban J connectivity index is 1.81. The molecule has 2 saturated heterocycles. The van der Waals surface area contributed by atoms with Crippen molar-refractivity contribution in [2.75, 3.05) is 13.1 Å². The highest BCUT2D eigenvalue weighted by molar-refractivity contribution is 6.06. The molecule has 2 atom stereocenters. The fourth-order valence-corrected chi connectivity index (χ4v) is 2.46. The van der Waals surface area contributed by atoms with Crippen LogP contribution in [0.2, 0.25) is 0 Å². The molecule has 7 nitrogen and oxygen atoms in total. The Morgan fingerprint density at radius 2 is 2.00 bits per heavy atom. The van der Waals surface area contributed by atoms with Gasteiger partial charge in [0.2, 0.25) is 17.6 Å².